The fourth-order valence-electron chi connectivity index (χ4n) is 2.23. The van der Waals surface area contributed by atoms with Gasteiger partial charge in [0.1, 0.15) is 5.82 Å². The van der Waals surface area contributed by atoms with Gasteiger partial charge in [-0.25, -0.2) is 4.39 Å². The summed E-state index contributed by atoms with van der Waals surface area (Å²) in [5.41, 5.74) is 2.47. The molecule has 0 unspecified atom stereocenters. The zero-order chi connectivity index (χ0) is 16.6. The third-order valence-electron chi connectivity index (χ3n) is 3.58. The summed E-state index contributed by atoms with van der Waals surface area (Å²) in [6.07, 6.45) is 0. The van der Waals surface area contributed by atoms with Crippen molar-refractivity contribution in [2.75, 3.05) is 5.32 Å². The molecule has 3 aromatic rings. The predicted octanol–water partition coefficient (Wildman–Crippen LogP) is 4.62. The van der Waals surface area contributed by atoms with Gasteiger partial charge in [-0.05, 0) is 35.4 Å². The number of H-pyrrole nitrogens is 1. The number of halogens is 2. The smallest absolute Gasteiger partial charge is 0.228 e. The molecule has 0 aliphatic heterocycles. The van der Waals surface area contributed by atoms with E-state index in [1.165, 1.54) is 6.07 Å². The number of anilines is 1. The van der Waals surface area contributed by atoms with Crippen molar-refractivity contribution in [1.82, 2.24) is 10.2 Å². The minimum absolute atomic E-state index is 0.0806. The Morgan fingerprint density at radius 1 is 1.22 bits per heavy atom. The van der Waals surface area contributed by atoms with E-state index in [4.69, 9.17) is 11.6 Å². The maximum Gasteiger partial charge on any atom is 0.228 e. The van der Waals surface area contributed by atoms with Gasteiger partial charge in [0.15, 0.2) is 5.82 Å². The van der Waals surface area contributed by atoms with Gasteiger partial charge in [-0.1, -0.05) is 37.6 Å². The van der Waals surface area contributed by atoms with Gasteiger partial charge >= 0.3 is 0 Å². The number of benzene rings is 2. The maximum absolute atomic E-state index is 13.3. The number of hydrogen-bond acceptors (Lipinski definition) is 2. The Kier molecular flexibility index (Phi) is 4.05. The van der Waals surface area contributed by atoms with Gasteiger partial charge in [0.25, 0.3) is 0 Å². The average molecular weight is 332 g/mol. The van der Waals surface area contributed by atoms with Crippen molar-refractivity contribution < 1.29 is 9.18 Å². The number of amides is 1. The van der Waals surface area contributed by atoms with Gasteiger partial charge in [0.05, 0.1) is 10.5 Å². The van der Waals surface area contributed by atoms with Crippen LogP contribution >= 0.6 is 11.6 Å². The van der Waals surface area contributed by atoms with E-state index in [1.807, 2.05) is 32.0 Å². The lowest BCUT2D eigenvalue weighted by Gasteiger charge is -2.06. The zero-order valence-electron chi connectivity index (χ0n) is 12.7. The lowest BCUT2D eigenvalue weighted by Crippen LogP contribution is -2.18. The highest BCUT2D eigenvalue weighted by molar-refractivity contribution is 6.31. The number of carbonyl (C=O) groups excluding carboxylic acids is 1. The molecular weight excluding hydrogens is 317 g/mol. The summed E-state index contributed by atoms with van der Waals surface area (Å²) < 4.78 is 13.3. The highest BCUT2D eigenvalue weighted by Gasteiger charge is 2.13. The summed E-state index contributed by atoms with van der Waals surface area (Å²) >= 11 is 5.83. The van der Waals surface area contributed by atoms with Crippen molar-refractivity contribution >= 4 is 34.2 Å². The second kappa shape index (κ2) is 6.01. The number of nitrogens with zero attached hydrogens (tertiary/aromatic N) is 1. The molecular formula is C17H15ClFN3O. The van der Waals surface area contributed by atoms with Crippen LogP contribution in [0.1, 0.15) is 13.8 Å². The molecule has 4 nitrogen and oxygen atoms in total. The van der Waals surface area contributed by atoms with Crippen LogP contribution in [0, 0.1) is 11.7 Å². The molecule has 1 aromatic heterocycles. The summed E-state index contributed by atoms with van der Waals surface area (Å²) in [7, 11) is 0. The monoisotopic (exact) mass is 331 g/mol. The summed E-state index contributed by atoms with van der Waals surface area (Å²) in [6, 6.07) is 10.2. The van der Waals surface area contributed by atoms with E-state index in [2.05, 4.69) is 15.5 Å². The Morgan fingerprint density at radius 3 is 2.61 bits per heavy atom. The Hall–Kier alpha value is -2.40. The number of nitrogens with one attached hydrogen (secondary N) is 2. The number of rotatable bonds is 3. The van der Waals surface area contributed by atoms with Gasteiger partial charge in [-0.2, -0.15) is 5.10 Å². The molecule has 0 spiro atoms. The summed E-state index contributed by atoms with van der Waals surface area (Å²) in [4.78, 5) is 11.8. The fourth-order valence-corrected chi connectivity index (χ4v) is 2.41. The van der Waals surface area contributed by atoms with E-state index in [0.29, 0.717) is 5.82 Å². The normalized spacial score (nSPS) is 11.2. The van der Waals surface area contributed by atoms with Crippen LogP contribution in [-0.2, 0) is 4.79 Å². The van der Waals surface area contributed by atoms with Crippen LogP contribution in [0.3, 0.4) is 0 Å². The van der Waals surface area contributed by atoms with Crippen molar-refractivity contribution in [1.29, 1.82) is 0 Å². The van der Waals surface area contributed by atoms with Gasteiger partial charge in [0.2, 0.25) is 5.91 Å². The molecule has 0 bridgehead atoms. The molecule has 6 heteroatoms. The molecule has 1 amide bonds. The van der Waals surface area contributed by atoms with Crippen LogP contribution in [0.4, 0.5) is 10.2 Å². The van der Waals surface area contributed by atoms with E-state index >= 15 is 0 Å². The molecule has 2 aromatic carbocycles. The Labute approximate surface area is 137 Å². The number of aromatic amines is 1. The molecule has 0 saturated heterocycles. The van der Waals surface area contributed by atoms with Gasteiger partial charge in [0, 0.05) is 11.3 Å². The molecule has 0 aliphatic carbocycles. The summed E-state index contributed by atoms with van der Waals surface area (Å²) in [5, 5.41) is 10.7. The van der Waals surface area contributed by atoms with Crippen molar-refractivity contribution in [3.8, 4) is 11.1 Å². The Balaban J connectivity index is 1.97. The molecule has 0 saturated carbocycles. The third kappa shape index (κ3) is 3.05. The van der Waals surface area contributed by atoms with E-state index < -0.39 is 5.82 Å². The molecule has 23 heavy (non-hydrogen) atoms. The van der Waals surface area contributed by atoms with Crippen molar-refractivity contribution in [2.24, 2.45) is 5.92 Å². The van der Waals surface area contributed by atoms with Crippen LogP contribution in [0.5, 0.6) is 0 Å². The first kappa shape index (κ1) is 15.5. The average Bonchev–Trinajstić information content (AvgIpc) is 2.92. The predicted molar refractivity (Wildman–Crippen MR) is 90.0 cm³/mol. The topological polar surface area (TPSA) is 57.8 Å². The molecule has 0 fully saturated rings. The molecule has 0 atom stereocenters. The second-order valence-corrected chi connectivity index (χ2v) is 6.01. The lowest BCUT2D eigenvalue weighted by atomic mass is 10.0. The Morgan fingerprint density at radius 2 is 1.91 bits per heavy atom. The standard InChI is InChI=1S/C17H15ClFN3O/c1-9(2)17(23)20-16-12-5-3-11(8-15(12)21-22-16)10-4-6-14(19)13(18)7-10/h3-9H,1-2H3,(H2,20,21,22,23). The summed E-state index contributed by atoms with van der Waals surface area (Å²) in [5.74, 6) is -0.158. The van der Waals surface area contributed by atoms with Gasteiger partial charge in [-0.3, -0.25) is 9.89 Å². The van der Waals surface area contributed by atoms with Crippen LogP contribution < -0.4 is 5.32 Å². The number of aromatic nitrogens is 2. The third-order valence-corrected chi connectivity index (χ3v) is 3.87. The molecule has 118 valence electrons. The number of hydrogen-bond donors (Lipinski definition) is 2. The SMILES string of the molecule is CC(C)C(=O)Nc1n[nH]c2cc(-c3ccc(F)c(Cl)c3)ccc12. The van der Waals surface area contributed by atoms with E-state index in [0.717, 1.165) is 22.0 Å². The van der Waals surface area contributed by atoms with Crippen LogP contribution in [0.25, 0.3) is 22.0 Å². The molecule has 0 radical (unpaired) electrons. The van der Waals surface area contributed by atoms with E-state index in [9.17, 15) is 9.18 Å². The van der Waals surface area contributed by atoms with Crippen molar-refractivity contribution in [3.05, 3.63) is 47.2 Å². The molecule has 3 rings (SSSR count). The van der Waals surface area contributed by atoms with Gasteiger partial charge in [-0.15, -0.1) is 0 Å². The summed E-state index contributed by atoms with van der Waals surface area (Å²) in [6.45, 7) is 3.64. The molecule has 0 aliphatic rings. The first-order chi connectivity index (χ1) is 11.0. The lowest BCUT2D eigenvalue weighted by molar-refractivity contribution is -0.118. The maximum atomic E-state index is 13.3. The van der Waals surface area contributed by atoms with Gasteiger partial charge < -0.3 is 5.32 Å². The van der Waals surface area contributed by atoms with Crippen molar-refractivity contribution in [2.45, 2.75) is 13.8 Å². The largest absolute Gasteiger partial charge is 0.308 e. The van der Waals surface area contributed by atoms with E-state index in [-0.39, 0.29) is 16.8 Å². The first-order valence-corrected chi connectivity index (χ1v) is 7.58. The number of fused-ring (bicyclic) bond motifs is 1. The Bertz CT molecular complexity index is 889. The molecule has 2 N–H and O–H groups in total. The highest BCUT2D eigenvalue weighted by Crippen LogP contribution is 2.29. The van der Waals surface area contributed by atoms with Crippen molar-refractivity contribution in [3.63, 3.8) is 0 Å². The van der Waals surface area contributed by atoms with Crippen LogP contribution in [0.2, 0.25) is 5.02 Å². The number of carbonyl (C=O) groups is 1. The minimum Gasteiger partial charge on any atom is -0.308 e. The molecule has 1 heterocycles. The minimum atomic E-state index is -0.447. The highest BCUT2D eigenvalue weighted by atomic mass is 35.5. The zero-order valence-corrected chi connectivity index (χ0v) is 13.4. The fraction of sp³-hybridized carbons (Fsp3) is 0.176. The van der Waals surface area contributed by atoms with E-state index in [1.54, 1.807) is 12.1 Å². The quantitative estimate of drug-likeness (QED) is 0.736. The second-order valence-electron chi connectivity index (χ2n) is 5.61. The van der Waals surface area contributed by atoms with Crippen LogP contribution in [-0.4, -0.2) is 16.1 Å². The van der Waals surface area contributed by atoms with Crippen LogP contribution in [0.15, 0.2) is 36.4 Å². The first-order valence-electron chi connectivity index (χ1n) is 7.20.